The van der Waals surface area contributed by atoms with Gasteiger partial charge in [0.05, 0.1) is 14.2 Å². The highest BCUT2D eigenvalue weighted by Gasteiger charge is 2.10. The lowest BCUT2D eigenvalue weighted by molar-refractivity contribution is 0.354. The van der Waals surface area contributed by atoms with Gasteiger partial charge in [-0.25, -0.2) is 9.97 Å². The van der Waals surface area contributed by atoms with Crippen molar-refractivity contribution in [1.82, 2.24) is 9.97 Å². The van der Waals surface area contributed by atoms with Gasteiger partial charge in [0.2, 0.25) is 0 Å². The molecule has 1 heterocycles. The number of ether oxygens (including phenoxy) is 2. The molecule has 0 saturated carbocycles. The lowest BCUT2D eigenvalue weighted by Gasteiger charge is -2.12. The number of hydrogen-bond donors (Lipinski definition) is 2. The summed E-state index contributed by atoms with van der Waals surface area (Å²) < 4.78 is 10.6. The molecule has 7 heteroatoms. The van der Waals surface area contributed by atoms with Gasteiger partial charge < -0.3 is 20.9 Å². The molecule has 2 rings (SSSR count). The van der Waals surface area contributed by atoms with Crippen LogP contribution in [-0.4, -0.2) is 24.2 Å². The van der Waals surface area contributed by atoms with Crippen LogP contribution in [0.15, 0.2) is 23.4 Å². The summed E-state index contributed by atoms with van der Waals surface area (Å²) in [6.07, 6.45) is 0. The number of rotatable bonds is 5. The summed E-state index contributed by atoms with van der Waals surface area (Å²) in [5, 5.41) is 0.557. The van der Waals surface area contributed by atoms with E-state index in [1.807, 2.05) is 19.1 Å². The minimum Gasteiger partial charge on any atom is -0.493 e. The predicted molar refractivity (Wildman–Crippen MR) is 84.7 cm³/mol. The fraction of sp³-hybridized carbons (Fsp3) is 0.286. The molecule has 0 aliphatic rings. The Hall–Kier alpha value is -2.15. The molecule has 2 aromatic rings. The van der Waals surface area contributed by atoms with Gasteiger partial charge in [0.25, 0.3) is 0 Å². The van der Waals surface area contributed by atoms with Gasteiger partial charge in [0.1, 0.15) is 11.6 Å². The van der Waals surface area contributed by atoms with Crippen LogP contribution in [0, 0.1) is 6.92 Å². The molecule has 0 bridgehead atoms. The largest absolute Gasteiger partial charge is 0.493 e. The zero-order valence-corrected chi connectivity index (χ0v) is 13.0. The lowest BCUT2D eigenvalue weighted by Crippen LogP contribution is -2.00. The fourth-order valence-corrected chi connectivity index (χ4v) is 2.78. The van der Waals surface area contributed by atoms with E-state index in [2.05, 4.69) is 9.97 Å². The first-order valence-corrected chi connectivity index (χ1v) is 7.26. The van der Waals surface area contributed by atoms with Crippen LogP contribution in [0.4, 0.5) is 11.6 Å². The first kappa shape index (κ1) is 15.2. The van der Waals surface area contributed by atoms with Crippen LogP contribution in [0.5, 0.6) is 11.5 Å². The molecule has 0 unspecified atom stereocenters. The van der Waals surface area contributed by atoms with Gasteiger partial charge in [-0.2, -0.15) is 0 Å². The second kappa shape index (κ2) is 6.53. The molecule has 0 saturated heterocycles. The first-order valence-electron chi connectivity index (χ1n) is 6.27. The van der Waals surface area contributed by atoms with Crippen molar-refractivity contribution < 1.29 is 9.47 Å². The van der Waals surface area contributed by atoms with E-state index in [1.54, 1.807) is 14.2 Å². The Bertz CT molecular complexity index is 629. The topological polar surface area (TPSA) is 96.3 Å². The summed E-state index contributed by atoms with van der Waals surface area (Å²) in [4.78, 5) is 8.30. The normalized spacial score (nSPS) is 10.4. The molecular weight excluding hydrogens is 288 g/mol. The van der Waals surface area contributed by atoms with Gasteiger partial charge in [-0.05, 0) is 30.2 Å². The highest BCUT2D eigenvalue weighted by Crippen LogP contribution is 2.32. The van der Waals surface area contributed by atoms with E-state index in [1.165, 1.54) is 17.8 Å². The van der Waals surface area contributed by atoms with Crippen LogP contribution >= 0.6 is 11.8 Å². The Morgan fingerprint density at radius 3 is 2.14 bits per heavy atom. The second-order valence-electron chi connectivity index (χ2n) is 4.42. The van der Waals surface area contributed by atoms with Crippen LogP contribution in [0.25, 0.3) is 0 Å². The van der Waals surface area contributed by atoms with Crippen LogP contribution in [0.2, 0.25) is 0 Å². The summed E-state index contributed by atoms with van der Waals surface area (Å²) in [6.45, 7) is 2.02. The number of thioether (sulfide) groups is 1. The number of aryl methyl sites for hydroxylation is 1. The Labute approximate surface area is 127 Å². The predicted octanol–water partition coefficient (Wildman–Crippen LogP) is 2.26. The number of aromatic nitrogens is 2. The van der Waals surface area contributed by atoms with E-state index < -0.39 is 0 Å². The molecule has 0 amide bonds. The molecule has 1 aromatic carbocycles. The van der Waals surface area contributed by atoms with Crippen molar-refractivity contribution in [1.29, 1.82) is 0 Å². The maximum Gasteiger partial charge on any atom is 0.191 e. The van der Waals surface area contributed by atoms with E-state index in [0.717, 1.165) is 11.1 Å². The first-order chi connectivity index (χ1) is 10.0. The fourth-order valence-electron chi connectivity index (χ4n) is 1.85. The van der Waals surface area contributed by atoms with Gasteiger partial charge >= 0.3 is 0 Å². The Morgan fingerprint density at radius 2 is 1.57 bits per heavy atom. The molecule has 0 radical (unpaired) electrons. The third-order valence-electron chi connectivity index (χ3n) is 2.94. The molecule has 1 aromatic heterocycles. The Balaban J connectivity index is 2.19. The van der Waals surface area contributed by atoms with E-state index in [-0.39, 0.29) is 0 Å². The molecule has 4 N–H and O–H groups in total. The summed E-state index contributed by atoms with van der Waals surface area (Å²) in [5.41, 5.74) is 13.5. The maximum atomic E-state index is 5.66. The zero-order valence-electron chi connectivity index (χ0n) is 12.2. The van der Waals surface area contributed by atoms with Gasteiger partial charge in [0.15, 0.2) is 16.7 Å². The Kier molecular flexibility index (Phi) is 4.74. The van der Waals surface area contributed by atoms with Crippen molar-refractivity contribution in [3.8, 4) is 11.5 Å². The van der Waals surface area contributed by atoms with Crippen LogP contribution < -0.4 is 20.9 Å². The van der Waals surface area contributed by atoms with E-state index in [0.29, 0.717) is 34.0 Å². The van der Waals surface area contributed by atoms with Gasteiger partial charge in [-0.1, -0.05) is 11.8 Å². The molecule has 0 aliphatic heterocycles. The molecule has 21 heavy (non-hydrogen) atoms. The van der Waals surface area contributed by atoms with Crippen molar-refractivity contribution >= 4 is 23.4 Å². The summed E-state index contributed by atoms with van der Waals surface area (Å²) >= 11 is 1.47. The molecule has 0 atom stereocenters. The Morgan fingerprint density at radius 1 is 1.00 bits per heavy atom. The number of nitrogens with two attached hydrogens (primary N) is 2. The number of hydrogen-bond acceptors (Lipinski definition) is 7. The average Bonchev–Trinajstić information content (AvgIpc) is 2.44. The number of nitrogens with zero attached hydrogens (tertiary/aromatic N) is 2. The smallest absolute Gasteiger partial charge is 0.191 e. The SMILES string of the molecule is COc1cc(C)c(CSc2nc(N)cc(N)n2)cc1OC. The minimum absolute atomic E-state index is 0.369. The van der Waals surface area contributed by atoms with Crippen molar-refractivity contribution in [2.45, 2.75) is 17.8 Å². The number of benzene rings is 1. The van der Waals surface area contributed by atoms with Crippen LogP contribution in [0.3, 0.4) is 0 Å². The molecule has 0 aliphatic carbocycles. The summed E-state index contributed by atoms with van der Waals surface area (Å²) in [7, 11) is 3.24. The van der Waals surface area contributed by atoms with Crippen molar-refractivity contribution in [3.05, 3.63) is 29.3 Å². The van der Waals surface area contributed by atoms with Crippen molar-refractivity contribution in [3.63, 3.8) is 0 Å². The quantitative estimate of drug-likeness (QED) is 0.646. The summed E-state index contributed by atoms with van der Waals surface area (Å²) in [6, 6.07) is 5.44. The average molecular weight is 306 g/mol. The lowest BCUT2D eigenvalue weighted by atomic mass is 10.1. The standard InChI is InChI=1S/C14H18N4O2S/c1-8-4-10(19-2)11(20-3)5-9(8)7-21-14-17-12(15)6-13(16)18-14/h4-6H,7H2,1-3H3,(H4,15,16,17,18). The summed E-state index contributed by atoms with van der Waals surface area (Å²) in [5.74, 6) is 2.85. The third-order valence-corrected chi connectivity index (χ3v) is 3.84. The van der Waals surface area contributed by atoms with Gasteiger partial charge in [-0.15, -0.1) is 0 Å². The van der Waals surface area contributed by atoms with E-state index in [9.17, 15) is 0 Å². The third kappa shape index (κ3) is 3.69. The highest BCUT2D eigenvalue weighted by molar-refractivity contribution is 7.98. The zero-order chi connectivity index (χ0) is 15.4. The highest BCUT2D eigenvalue weighted by atomic mass is 32.2. The minimum atomic E-state index is 0.369. The van der Waals surface area contributed by atoms with Gasteiger partial charge in [-0.3, -0.25) is 0 Å². The molecule has 112 valence electrons. The molecular formula is C14H18N4O2S. The van der Waals surface area contributed by atoms with E-state index in [4.69, 9.17) is 20.9 Å². The maximum absolute atomic E-state index is 5.66. The second-order valence-corrected chi connectivity index (χ2v) is 5.37. The number of nitrogen functional groups attached to an aromatic ring is 2. The van der Waals surface area contributed by atoms with Crippen LogP contribution in [-0.2, 0) is 5.75 Å². The monoisotopic (exact) mass is 306 g/mol. The van der Waals surface area contributed by atoms with Crippen LogP contribution in [0.1, 0.15) is 11.1 Å². The molecule has 0 spiro atoms. The number of anilines is 2. The van der Waals surface area contributed by atoms with Gasteiger partial charge in [0, 0.05) is 11.8 Å². The molecule has 6 nitrogen and oxygen atoms in total. The van der Waals surface area contributed by atoms with Crippen molar-refractivity contribution in [2.24, 2.45) is 0 Å². The number of methoxy groups -OCH3 is 2. The molecule has 0 fully saturated rings. The van der Waals surface area contributed by atoms with Crippen molar-refractivity contribution in [2.75, 3.05) is 25.7 Å². The van der Waals surface area contributed by atoms with E-state index >= 15 is 0 Å².